The average Bonchev–Trinajstić information content (AvgIpc) is 3.07. The third-order valence-corrected chi connectivity index (χ3v) is 4.70. The van der Waals surface area contributed by atoms with Crippen molar-refractivity contribution in [3.63, 3.8) is 0 Å². The number of methoxy groups -OCH3 is 1. The lowest BCUT2D eigenvalue weighted by Gasteiger charge is -2.28. The Morgan fingerprint density at radius 2 is 2.18 bits per heavy atom. The van der Waals surface area contributed by atoms with Gasteiger partial charge in [-0.1, -0.05) is 5.16 Å². The van der Waals surface area contributed by atoms with Crippen molar-refractivity contribution in [1.29, 1.82) is 0 Å². The van der Waals surface area contributed by atoms with Crippen molar-refractivity contribution in [1.82, 2.24) is 15.8 Å². The van der Waals surface area contributed by atoms with Gasteiger partial charge in [0.15, 0.2) is 23.1 Å². The predicted octanol–water partition coefficient (Wildman–Crippen LogP) is 2.85. The standard InChI is InChI=1S/C19H25FN4O3.ClH/c1-11-9-13(7-8-21-11)22-19(25)16-17(27-23-18(16)24(2)3)12-5-6-14(20)15(10-12)26-4;/h5-6,10-11,13,21H,7-9H2,1-4H3,(H,22,25);1H/t11-,13+;/m1./s1. The van der Waals surface area contributed by atoms with Crippen LogP contribution in [-0.4, -0.2) is 50.9 Å². The molecule has 2 aromatic rings. The summed E-state index contributed by atoms with van der Waals surface area (Å²) in [5.41, 5.74) is 0.859. The number of ether oxygens (including phenoxy) is 1. The maximum atomic E-state index is 13.8. The highest BCUT2D eigenvalue weighted by Gasteiger charge is 2.28. The fraction of sp³-hybridized carbons (Fsp3) is 0.474. The Morgan fingerprint density at radius 3 is 2.82 bits per heavy atom. The van der Waals surface area contributed by atoms with Gasteiger partial charge in [-0.15, -0.1) is 12.4 Å². The number of benzene rings is 1. The molecule has 1 fully saturated rings. The van der Waals surface area contributed by atoms with E-state index in [1.807, 2.05) is 0 Å². The minimum absolute atomic E-state index is 0. The molecule has 0 bridgehead atoms. The highest BCUT2D eigenvalue weighted by molar-refractivity contribution is 6.04. The zero-order chi connectivity index (χ0) is 19.6. The molecular weight excluding hydrogens is 387 g/mol. The molecule has 1 aromatic heterocycles. The van der Waals surface area contributed by atoms with Crippen molar-refractivity contribution >= 4 is 24.1 Å². The summed E-state index contributed by atoms with van der Waals surface area (Å²) in [6.07, 6.45) is 1.71. The molecule has 9 heteroatoms. The summed E-state index contributed by atoms with van der Waals surface area (Å²) in [7, 11) is 4.96. The second-order valence-electron chi connectivity index (χ2n) is 7.00. The Kier molecular flexibility index (Phi) is 7.26. The number of hydrogen-bond acceptors (Lipinski definition) is 6. The number of amides is 1. The lowest BCUT2D eigenvalue weighted by molar-refractivity contribution is 0.0926. The van der Waals surface area contributed by atoms with E-state index in [0.29, 0.717) is 23.0 Å². The molecule has 1 saturated heterocycles. The Hall–Kier alpha value is -2.32. The minimum atomic E-state index is -0.483. The number of rotatable bonds is 5. The second kappa shape index (κ2) is 9.25. The summed E-state index contributed by atoms with van der Waals surface area (Å²) in [5, 5.41) is 10.5. The highest BCUT2D eigenvalue weighted by Crippen LogP contribution is 2.33. The number of anilines is 1. The molecule has 1 aliphatic rings. The van der Waals surface area contributed by atoms with E-state index < -0.39 is 5.82 Å². The number of aromatic nitrogens is 1. The van der Waals surface area contributed by atoms with Gasteiger partial charge in [0.2, 0.25) is 0 Å². The first-order valence-corrected chi connectivity index (χ1v) is 8.95. The Labute approximate surface area is 170 Å². The van der Waals surface area contributed by atoms with Crippen LogP contribution in [-0.2, 0) is 0 Å². The van der Waals surface area contributed by atoms with Crippen LogP contribution in [0.5, 0.6) is 5.75 Å². The zero-order valence-electron chi connectivity index (χ0n) is 16.4. The fourth-order valence-electron chi connectivity index (χ4n) is 3.31. The molecule has 1 aromatic carbocycles. The first kappa shape index (κ1) is 22.0. The van der Waals surface area contributed by atoms with Gasteiger partial charge in [0.05, 0.1) is 7.11 Å². The van der Waals surface area contributed by atoms with Crippen LogP contribution >= 0.6 is 12.4 Å². The molecule has 2 atom stereocenters. The van der Waals surface area contributed by atoms with Crippen molar-refractivity contribution < 1.29 is 18.4 Å². The molecule has 2 N–H and O–H groups in total. The average molecular weight is 413 g/mol. The largest absolute Gasteiger partial charge is 0.494 e. The van der Waals surface area contributed by atoms with Crippen LogP contribution in [0.25, 0.3) is 11.3 Å². The highest BCUT2D eigenvalue weighted by atomic mass is 35.5. The van der Waals surface area contributed by atoms with Gasteiger partial charge in [0, 0.05) is 31.7 Å². The van der Waals surface area contributed by atoms with Crippen LogP contribution in [0, 0.1) is 5.82 Å². The van der Waals surface area contributed by atoms with Gasteiger partial charge < -0.3 is 24.8 Å². The molecule has 0 aliphatic carbocycles. The number of halogens is 2. The second-order valence-corrected chi connectivity index (χ2v) is 7.00. The van der Waals surface area contributed by atoms with Crippen LogP contribution in [0.15, 0.2) is 22.7 Å². The molecule has 0 spiro atoms. The summed E-state index contributed by atoms with van der Waals surface area (Å²) >= 11 is 0. The Morgan fingerprint density at radius 1 is 1.43 bits per heavy atom. The van der Waals surface area contributed by atoms with Gasteiger partial charge in [-0.3, -0.25) is 4.79 Å². The number of piperidine rings is 1. The van der Waals surface area contributed by atoms with Crippen LogP contribution in [0.2, 0.25) is 0 Å². The maximum absolute atomic E-state index is 13.8. The monoisotopic (exact) mass is 412 g/mol. The van der Waals surface area contributed by atoms with Crippen molar-refractivity contribution in [2.45, 2.75) is 31.8 Å². The third-order valence-electron chi connectivity index (χ3n) is 4.70. The Balaban J connectivity index is 0.00000280. The Bertz CT molecular complexity index is 828. The quantitative estimate of drug-likeness (QED) is 0.786. The SMILES string of the molecule is COc1cc(-c2onc(N(C)C)c2C(=O)N[C@H]2CCN[C@H](C)C2)ccc1F.Cl. The van der Waals surface area contributed by atoms with E-state index in [-0.39, 0.29) is 35.9 Å². The zero-order valence-corrected chi connectivity index (χ0v) is 17.2. The number of nitrogens with one attached hydrogen (secondary N) is 2. The molecule has 154 valence electrons. The summed E-state index contributed by atoms with van der Waals surface area (Å²) in [6.45, 7) is 2.96. The van der Waals surface area contributed by atoms with Gasteiger partial charge in [-0.25, -0.2) is 4.39 Å². The fourth-order valence-corrected chi connectivity index (χ4v) is 3.31. The molecule has 1 aliphatic heterocycles. The number of carbonyl (C=O) groups excluding carboxylic acids is 1. The van der Waals surface area contributed by atoms with Crippen molar-refractivity contribution in [2.24, 2.45) is 0 Å². The summed E-state index contributed by atoms with van der Waals surface area (Å²) < 4.78 is 24.3. The molecule has 0 radical (unpaired) electrons. The van der Waals surface area contributed by atoms with Crippen molar-refractivity contribution in [2.75, 3.05) is 32.6 Å². The van der Waals surface area contributed by atoms with Gasteiger partial charge in [0.1, 0.15) is 5.56 Å². The van der Waals surface area contributed by atoms with E-state index in [0.717, 1.165) is 19.4 Å². The van der Waals surface area contributed by atoms with E-state index in [4.69, 9.17) is 9.26 Å². The molecule has 28 heavy (non-hydrogen) atoms. The molecule has 3 rings (SSSR count). The lowest BCUT2D eigenvalue weighted by Crippen LogP contribution is -2.46. The minimum Gasteiger partial charge on any atom is -0.494 e. The number of carbonyl (C=O) groups is 1. The van der Waals surface area contributed by atoms with E-state index in [1.165, 1.54) is 19.2 Å². The third kappa shape index (κ3) is 4.56. The summed E-state index contributed by atoms with van der Waals surface area (Å²) in [5.74, 6) is 0.0544. The smallest absolute Gasteiger partial charge is 0.259 e. The number of hydrogen-bond donors (Lipinski definition) is 2. The summed E-state index contributed by atoms with van der Waals surface area (Å²) in [4.78, 5) is 14.8. The number of nitrogens with zero attached hydrogens (tertiary/aromatic N) is 2. The van der Waals surface area contributed by atoms with Gasteiger partial charge in [-0.2, -0.15) is 0 Å². The maximum Gasteiger partial charge on any atom is 0.259 e. The van der Waals surface area contributed by atoms with Crippen molar-refractivity contribution in [3.8, 4) is 17.1 Å². The van der Waals surface area contributed by atoms with Gasteiger partial charge >= 0.3 is 0 Å². The van der Waals surface area contributed by atoms with E-state index >= 15 is 0 Å². The normalized spacial score (nSPS) is 18.9. The molecule has 7 nitrogen and oxygen atoms in total. The van der Waals surface area contributed by atoms with Crippen LogP contribution in [0.4, 0.5) is 10.2 Å². The molecular formula is C19H26ClFN4O3. The molecule has 1 amide bonds. The van der Waals surface area contributed by atoms with Crippen LogP contribution in [0.3, 0.4) is 0 Å². The van der Waals surface area contributed by atoms with Crippen LogP contribution < -0.4 is 20.3 Å². The van der Waals surface area contributed by atoms with Crippen LogP contribution in [0.1, 0.15) is 30.1 Å². The topological polar surface area (TPSA) is 79.6 Å². The molecule has 0 saturated carbocycles. The summed E-state index contributed by atoms with van der Waals surface area (Å²) in [6, 6.07) is 4.75. The molecule has 0 unspecified atom stereocenters. The van der Waals surface area contributed by atoms with E-state index in [1.54, 1.807) is 25.1 Å². The first-order chi connectivity index (χ1) is 12.9. The first-order valence-electron chi connectivity index (χ1n) is 8.95. The predicted molar refractivity (Wildman–Crippen MR) is 108 cm³/mol. The van der Waals surface area contributed by atoms with E-state index in [9.17, 15) is 9.18 Å². The lowest BCUT2D eigenvalue weighted by atomic mass is 9.99. The van der Waals surface area contributed by atoms with Gasteiger partial charge in [0.25, 0.3) is 5.91 Å². The molecule has 2 heterocycles. The van der Waals surface area contributed by atoms with Crippen molar-refractivity contribution in [3.05, 3.63) is 29.6 Å². The van der Waals surface area contributed by atoms with Gasteiger partial charge in [-0.05, 0) is 44.5 Å². The van der Waals surface area contributed by atoms with E-state index in [2.05, 4.69) is 22.7 Å².